The molecule has 1 aromatic carbocycles. The number of nitrogens with zero attached hydrogens (tertiary/aromatic N) is 3. The molecule has 0 radical (unpaired) electrons. The molecule has 0 bridgehead atoms. The number of aromatic nitrogens is 1. The van der Waals surface area contributed by atoms with Gasteiger partial charge in [-0.05, 0) is 23.3 Å². The summed E-state index contributed by atoms with van der Waals surface area (Å²) in [4.78, 5) is 21.2. The van der Waals surface area contributed by atoms with E-state index < -0.39 is 0 Å². The first-order chi connectivity index (χ1) is 12.7. The highest BCUT2D eigenvalue weighted by molar-refractivity contribution is 5.79. The van der Waals surface area contributed by atoms with Crippen LogP contribution in [0.1, 0.15) is 17.5 Å². The highest BCUT2D eigenvalue weighted by Gasteiger charge is 2.45. The van der Waals surface area contributed by atoms with Crippen molar-refractivity contribution in [2.24, 2.45) is 5.41 Å². The molecule has 3 heterocycles. The van der Waals surface area contributed by atoms with Gasteiger partial charge < -0.3 is 9.64 Å². The topological polar surface area (TPSA) is 45.7 Å². The number of rotatable bonds is 4. The van der Waals surface area contributed by atoms with Crippen LogP contribution in [0, 0.1) is 5.41 Å². The summed E-state index contributed by atoms with van der Waals surface area (Å²) in [5, 5.41) is 0. The first-order valence-electron chi connectivity index (χ1n) is 9.23. The molecule has 2 fully saturated rings. The van der Waals surface area contributed by atoms with Crippen molar-refractivity contribution in [3.8, 4) is 0 Å². The van der Waals surface area contributed by atoms with Crippen LogP contribution in [0.25, 0.3) is 0 Å². The van der Waals surface area contributed by atoms with Gasteiger partial charge >= 0.3 is 0 Å². The zero-order valence-electron chi connectivity index (χ0n) is 15.0. The van der Waals surface area contributed by atoms with Crippen molar-refractivity contribution in [2.45, 2.75) is 19.5 Å². The second-order valence-corrected chi connectivity index (χ2v) is 7.53. The van der Waals surface area contributed by atoms with Crippen LogP contribution in [-0.4, -0.2) is 53.5 Å². The van der Waals surface area contributed by atoms with Crippen LogP contribution in [-0.2, 0) is 22.6 Å². The van der Waals surface area contributed by atoms with Crippen molar-refractivity contribution >= 4 is 5.91 Å². The van der Waals surface area contributed by atoms with E-state index in [0.29, 0.717) is 19.6 Å². The first kappa shape index (κ1) is 17.2. The maximum Gasteiger partial charge on any atom is 0.223 e. The summed E-state index contributed by atoms with van der Waals surface area (Å²) in [6.45, 7) is 5.51. The molecule has 2 aromatic rings. The smallest absolute Gasteiger partial charge is 0.223 e. The van der Waals surface area contributed by atoms with Gasteiger partial charge in [0.05, 0.1) is 13.2 Å². The van der Waals surface area contributed by atoms with Gasteiger partial charge in [-0.2, -0.15) is 0 Å². The lowest BCUT2D eigenvalue weighted by Gasteiger charge is -2.31. The first-order valence-corrected chi connectivity index (χ1v) is 9.23. The highest BCUT2D eigenvalue weighted by atomic mass is 16.5. The molecule has 2 saturated heterocycles. The number of benzene rings is 1. The molecule has 1 atom stereocenters. The molecule has 26 heavy (non-hydrogen) atoms. The van der Waals surface area contributed by atoms with Gasteiger partial charge in [-0.15, -0.1) is 0 Å². The second-order valence-electron chi connectivity index (χ2n) is 7.53. The van der Waals surface area contributed by atoms with Crippen LogP contribution in [0.15, 0.2) is 54.9 Å². The molecular formula is C21H25N3O2. The quantitative estimate of drug-likeness (QED) is 0.848. The van der Waals surface area contributed by atoms with Crippen molar-refractivity contribution < 1.29 is 9.53 Å². The zero-order valence-corrected chi connectivity index (χ0v) is 15.0. The molecule has 4 rings (SSSR count). The molecular weight excluding hydrogens is 326 g/mol. The Bertz CT molecular complexity index is 737. The van der Waals surface area contributed by atoms with Crippen LogP contribution < -0.4 is 0 Å². The molecule has 0 saturated carbocycles. The van der Waals surface area contributed by atoms with Gasteiger partial charge in [-0.3, -0.25) is 14.7 Å². The number of amides is 1. The average molecular weight is 351 g/mol. The van der Waals surface area contributed by atoms with Crippen LogP contribution in [0.2, 0.25) is 0 Å². The summed E-state index contributed by atoms with van der Waals surface area (Å²) in [6, 6.07) is 14.3. The number of likely N-dealkylation sites (tertiary alicyclic amines) is 1. The maximum atomic E-state index is 12.7. The Labute approximate surface area is 154 Å². The molecule has 2 aliphatic rings. The van der Waals surface area contributed by atoms with Crippen molar-refractivity contribution in [1.82, 2.24) is 14.8 Å². The number of pyridine rings is 1. The van der Waals surface area contributed by atoms with Gasteiger partial charge in [0.1, 0.15) is 0 Å². The molecule has 5 heteroatoms. The van der Waals surface area contributed by atoms with Gasteiger partial charge in [0.15, 0.2) is 0 Å². The number of hydrogen-bond donors (Lipinski definition) is 0. The van der Waals surface area contributed by atoms with Crippen molar-refractivity contribution in [3.63, 3.8) is 0 Å². The lowest BCUT2D eigenvalue weighted by Crippen LogP contribution is -2.40. The van der Waals surface area contributed by atoms with E-state index in [0.717, 1.165) is 32.8 Å². The Morgan fingerprint density at radius 1 is 1.00 bits per heavy atom. The number of carbonyl (C=O) groups is 1. The van der Waals surface area contributed by atoms with Crippen LogP contribution in [0.3, 0.4) is 0 Å². The number of carbonyl (C=O) groups excluding carboxylic acids is 1. The minimum atomic E-state index is -0.102. The fraction of sp³-hybridized carbons (Fsp3) is 0.429. The molecule has 1 spiro atoms. The fourth-order valence-electron chi connectivity index (χ4n) is 4.09. The van der Waals surface area contributed by atoms with E-state index in [-0.39, 0.29) is 11.3 Å². The van der Waals surface area contributed by atoms with E-state index in [4.69, 9.17) is 4.74 Å². The normalized spacial score (nSPS) is 24.2. The summed E-state index contributed by atoms with van der Waals surface area (Å²) >= 11 is 0. The lowest BCUT2D eigenvalue weighted by molar-refractivity contribution is -0.128. The summed E-state index contributed by atoms with van der Waals surface area (Å²) in [7, 11) is 0. The predicted octanol–water partition coefficient (Wildman–Crippen LogP) is 2.33. The third-order valence-corrected chi connectivity index (χ3v) is 5.30. The summed E-state index contributed by atoms with van der Waals surface area (Å²) in [5.74, 6) is 0.239. The Morgan fingerprint density at radius 2 is 1.77 bits per heavy atom. The standard InChI is InChI=1S/C21H25N3O2/c25-20-12-21(16-24(20)14-18-4-2-1-3-5-18)15-23(10-11-26-17-21)13-19-6-8-22-9-7-19/h1-9H,10-17H2/t21-/m0/s1. The van der Waals surface area contributed by atoms with Gasteiger partial charge in [0.25, 0.3) is 0 Å². The Hall–Kier alpha value is -2.24. The summed E-state index contributed by atoms with van der Waals surface area (Å²) in [5.41, 5.74) is 2.33. The van der Waals surface area contributed by atoms with Gasteiger partial charge in [-0.1, -0.05) is 30.3 Å². The minimum Gasteiger partial charge on any atom is -0.379 e. The molecule has 136 valence electrons. The fourth-order valence-corrected chi connectivity index (χ4v) is 4.09. The molecule has 2 aliphatic heterocycles. The summed E-state index contributed by atoms with van der Waals surface area (Å²) < 4.78 is 5.91. The Morgan fingerprint density at radius 3 is 2.58 bits per heavy atom. The highest BCUT2D eigenvalue weighted by Crippen LogP contribution is 2.35. The number of hydrogen-bond acceptors (Lipinski definition) is 4. The van der Waals surface area contributed by atoms with Crippen LogP contribution in [0.4, 0.5) is 0 Å². The van der Waals surface area contributed by atoms with Crippen molar-refractivity contribution in [2.75, 3.05) is 32.8 Å². The molecule has 1 aromatic heterocycles. The molecule has 1 amide bonds. The number of ether oxygens (including phenoxy) is 1. The second kappa shape index (κ2) is 7.56. The third-order valence-electron chi connectivity index (χ3n) is 5.30. The summed E-state index contributed by atoms with van der Waals surface area (Å²) in [6.07, 6.45) is 4.24. The molecule has 0 unspecified atom stereocenters. The van der Waals surface area contributed by atoms with Gasteiger partial charge in [0, 0.05) is 57.0 Å². The molecule has 5 nitrogen and oxygen atoms in total. The molecule has 0 aliphatic carbocycles. The molecule has 0 N–H and O–H groups in total. The van der Waals surface area contributed by atoms with Crippen molar-refractivity contribution in [1.29, 1.82) is 0 Å². The van der Waals surface area contributed by atoms with E-state index in [1.165, 1.54) is 11.1 Å². The zero-order chi connectivity index (χ0) is 17.8. The van der Waals surface area contributed by atoms with Gasteiger partial charge in [-0.25, -0.2) is 0 Å². The van der Waals surface area contributed by atoms with E-state index in [2.05, 4.69) is 34.1 Å². The van der Waals surface area contributed by atoms with Crippen molar-refractivity contribution in [3.05, 3.63) is 66.0 Å². The SMILES string of the molecule is O=C1C[C@@]2(COCCN(Cc3ccncc3)C2)CN1Cc1ccccc1. The third kappa shape index (κ3) is 3.94. The Kier molecular flexibility index (Phi) is 5.00. The van der Waals surface area contributed by atoms with Crippen LogP contribution in [0.5, 0.6) is 0 Å². The maximum absolute atomic E-state index is 12.7. The predicted molar refractivity (Wildman–Crippen MR) is 99.2 cm³/mol. The van der Waals surface area contributed by atoms with E-state index in [9.17, 15) is 4.79 Å². The van der Waals surface area contributed by atoms with Crippen LogP contribution >= 0.6 is 0 Å². The van der Waals surface area contributed by atoms with E-state index in [1.807, 2.05) is 35.5 Å². The lowest BCUT2D eigenvalue weighted by atomic mass is 9.87. The minimum absolute atomic E-state index is 0.102. The average Bonchev–Trinajstić information content (AvgIpc) is 2.83. The van der Waals surface area contributed by atoms with E-state index >= 15 is 0 Å². The largest absolute Gasteiger partial charge is 0.379 e. The van der Waals surface area contributed by atoms with E-state index in [1.54, 1.807) is 0 Å². The van der Waals surface area contributed by atoms with Gasteiger partial charge in [0.2, 0.25) is 5.91 Å². The monoisotopic (exact) mass is 351 g/mol. The Balaban J connectivity index is 1.45.